The van der Waals surface area contributed by atoms with Gasteiger partial charge in [0.05, 0.1) is 29.2 Å². The number of anilines is 1. The van der Waals surface area contributed by atoms with Crippen LogP contribution in [0.15, 0.2) is 24.3 Å². The molecule has 2 aromatic rings. The van der Waals surface area contributed by atoms with Crippen molar-refractivity contribution >= 4 is 34.7 Å². The molecule has 2 aromatic heterocycles. The highest BCUT2D eigenvalue weighted by molar-refractivity contribution is 7.16. The maximum atomic E-state index is 11.4. The molecule has 4 nitrogen and oxygen atoms in total. The van der Waals surface area contributed by atoms with E-state index in [0.717, 1.165) is 15.0 Å². The van der Waals surface area contributed by atoms with Crippen molar-refractivity contribution in [3.63, 3.8) is 0 Å². The molecule has 0 spiro atoms. The number of halogens is 1. The van der Waals surface area contributed by atoms with Gasteiger partial charge in [-0.2, -0.15) is 0 Å². The summed E-state index contributed by atoms with van der Waals surface area (Å²) in [6.45, 7) is 2.43. The fourth-order valence-electron chi connectivity index (χ4n) is 1.61. The number of nitrogens with zero attached hydrogens (tertiary/aromatic N) is 1. The van der Waals surface area contributed by atoms with Crippen LogP contribution in [0.5, 0.6) is 0 Å². The number of ether oxygens (including phenoxy) is 1. The van der Waals surface area contributed by atoms with Crippen LogP contribution in [0.4, 0.5) is 5.82 Å². The number of aryl methyl sites for hydroxylation is 1. The number of rotatable bonds is 4. The predicted octanol–water partition coefficient (Wildman–Crippen LogP) is 3.50. The van der Waals surface area contributed by atoms with Gasteiger partial charge in [-0.05, 0) is 31.2 Å². The number of methoxy groups -OCH3 is 1. The van der Waals surface area contributed by atoms with E-state index in [1.54, 1.807) is 19.1 Å². The lowest BCUT2D eigenvalue weighted by Gasteiger charge is -2.07. The number of hydrogen-bond donors (Lipinski definition) is 1. The third kappa shape index (κ3) is 3.45. The van der Waals surface area contributed by atoms with Gasteiger partial charge >= 0.3 is 5.97 Å². The molecule has 0 atom stereocenters. The molecule has 0 unspecified atom stereocenters. The van der Waals surface area contributed by atoms with E-state index in [1.807, 2.05) is 12.1 Å². The molecule has 0 aliphatic rings. The van der Waals surface area contributed by atoms with Gasteiger partial charge in [0.1, 0.15) is 5.82 Å². The molecule has 0 radical (unpaired) electrons. The Morgan fingerprint density at radius 2 is 2.21 bits per heavy atom. The standard InChI is InChI=1S/C13H13ClN2O2S/c1-8-10(13(17)18-2)4-6-12(16-8)15-7-9-3-5-11(14)19-9/h3-6H,7H2,1-2H3,(H,15,16). The topological polar surface area (TPSA) is 51.2 Å². The zero-order valence-corrected chi connectivity index (χ0v) is 12.1. The lowest BCUT2D eigenvalue weighted by Crippen LogP contribution is -2.07. The number of esters is 1. The van der Waals surface area contributed by atoms with E-state index in [9.17, 15) is 4.79 Å². The molecule has 100 valence electrons. The quantitative estimate of drug-likeness (QED) is 0.877. The van der Waals surface area contributed by atoms with Gasteiger partial charge in [0.25, 0.3) is 0 Å². The number of pyridine rings is 1. The summed E-state index contributed by atoms with van der Waals surface area (Å²) in [5.74, 6) is 0.344. The van der Waals surface area contributed by atoms with E-state index in [-0.39, 0.29) is 5.97 Å². The Labute approximate surface area is 120 Å². The largest absolute Gasteiger partial charge is 0.465 e. The molecule has 0 fully saturated rings. The van der Waals surface area contributed by atoms with Crippen LogP contribution in [-0.2, 0) is 11.3 Å². The van der Waals surface area contributed by atoms with Crippen molar-refractivity contribution < 1.29 is 9.53 Å². The summed E-state index contributed by atoms with van der Waals surface area (Å²) in [6.07, 6.45) is 0. The Bertz CT molecular complexity index is 598. The second-order valence-corrected chi connectivity index (χ2v) is 5.68. The summed E-state index contributed by atoms with van der Waals surface area (Å²) < 4.78 is 5.44. The van der Waals surface area contributed by atoms with Crippen molar-refractivity contribution in [1.82, 2.24) is 4.98 Å². The number of thiophene rings is 1. The Kier molecular flexibility index (Phi) is 4.39. The second kappa shape index (κ2) is 6.04. The van der Waals surface area contributed by atoms with Gasteiger partial charge in [0.15, 0.2) is 0 Å². The zero-order chi connectivity index (χ0) is 13.8. The van der Waals surface area contributed by atoms with Gasteiger partial charge in [-0.25, -0.2) is 9.78 Å². The van der Waals surface area contributed by atoms with E-state index in [2.05, 4.69) is 15.0 Å². The summed E-state index contributed by atoms with van der Waals surface area (Å²) in [7, 11) is 1.36. The summed E-state index contributed by atoms with van der Waals surface area (Å²) >= 11 is 7.39. The molecule has 1 N–H and O–H groups in total. The van der Waals surface area contributed by atoms with Gasteiger partial charge in [0.2, 0.25) is 0 Å². The minimum Gasteiger partial charge on any atom is -0.465 e. The molecular weight excluding hydrogens is 284 g/mol. The van der Waals surface area contributed by atoms with Crippen LogP contribution in [0.3, 0.4) is 0 Å². The van der Waals surface area contributed by atoms with Crippen molar-refractivity contribution in [3.05, 3.63) is 44.7 Å². The van der Waals surface area contributed by atoms with Crippen molar-refractivity contribution in [2.45, 2.75) is 13.5 Å². The third-order valence-electron chi connectivity index (χ3n) is 2.56. The number of carbonyl (C=O) groups excluding carboxylic acids is 1. The van der Waals surface area contributed by atoms with E-state index in [0.29, 0.717) is 17.8 Å². The van der Waals surface area contributed by atoms with Crippen LogP contribution < -0.4 is 5.32 Å². The Hall–Kier alpha value is -1.59. The van der Waals surface area contributed by atoms with E-state index >= 15 is 0 Å². The van der Waals surface area contributed by atoms with Crippen LogP contribution in [0.1, 0.15) is 20.9 Å². The summed E-state index contributed by atoms with van der Waals surface area (Å²) in [4.78, 5) is 16.9. The van der Waals surface area contributed by atoms with E-state index < -0.39 is 0 Å². The van der Waals surface area contributed by atoms with Crippen LogP contribution >= 0.6 is 22.9 Å². The molecule has 0 saturated heterocycles. The molecular formula is C13H13ClN2O2S. The first-order chi connectivity index (χ1) is 9.10. The molecule has 0 aliphatic carbocycles. The first-order valence-corrected chi connectivity index (χ1v) is 6.83. The van der Waals surface area contributed by atoms with Crippen molar-refractivity contribution in [1.29, 1.82) is 0 Å². The number of aromatic nitrogens is 1. The fraction of sp³-hybridized carbons (Fsp3) is 0.231. The number of carbonyl (C=O) groups is 1. The molecule has 2 heterocycles. The smallest absolute Gasteiger partial charge is 0.339 e. The van der Waals surface area contributed by atoms with E-state index in [1.165, 1.54) is 18.4 Å². The maximum Gasteiger partial charge on any atom is 0.339 e. The first-order valence-electron chi connectivity index (χ1n) is 5.64. The molecule has 2 rings (SSSR count). The second-order valence-electron chi connectivity index (χ2n) is 3.88. The van der Waals surface area contributed by atoms with Gasteiger partial charge in [-0.15, -0.1) is 11.3 Å². The fourth-order valence-corrected chi connectivity index (χ4v) is 2.64. The molecule has 0 aromatic carbocycles. The normalized spacial score (nSPS) is 10.3. The minimum atomic E-state index is -0.374. The molecule has 0 aliphatic heterocycles. The van der Waals surface area contributed by atoms with Crippen LogP contribution in [0.2, 0.25) is 4.34 Å². The Morgan fingerprint density at radius 3 is 2.79 bits per heavy atom. The van der Waals surface area contributed by atoms with Gasteiger partial charge in [0, 0.05) is 4.88 Å². The molecule has 0 amide bonds. The highest BCUT2D eigenvalue weighted by atomic mass is 35.5. The molecule has 6 heteroatoms. The Balaban J connectivity index is 2.06. The summed E-state index contributed by atoms with van der Waals surface area (Å²) in [5.41, 5.74) is 1.12. The first kappa shape index (κ1) is 13.8. The van der Waals surface area contributed by atoms with Crippen LogP contribution in [0, 0.1) is 6.92 Å². The van der Waals surface area contributed by atoms with Crippen molar-refractivity contribution in [3.8, 4) is 0 Å². The molecule has 0 saturated carbocycles. The average molecular weight is 297 g/mol. The van der Waals surface area contributed by atoms with Crippen molar-refractivity contribution in [2.75, 3.05) is 12.4 Å². The van der Waals surface area contributed by atoms with Crippen LogP contribution in [0.25, 0.3) is 0 Å². The maximum absolute atomic E-state index is 11.4. The number of nitrogens with one attached hydrogen (secondary N) is 1. The molecule has 19 heavy (non-hydrogen) atoms. The highest BCUT2D eigenvalue weighted by Gasteiger charge is 2.10. The van der Waals surface area contributed by atoms with Gasteiger partial charge in [-0.1, -0.05) is 11.6 Å². The third-order valence-corrected chi connectivity index (χ3v) is 3.79. The minimum absolute atomic E-state index is 0.374. The predicted molar refractivity (Wildman–Crippen MR) is 77.0 cm³/mol. The molecule has 0 bridgehead atoms. The zero-order valence-electron chi connectivity index (χ0n) is 10.6. The SMILES string of the molecule is COC(=O)c1ccc(NCc2ccc(Cl)s2)nc1C. The summed E-state index contributed by atoms with van der Waals surface area (Å²) in [5, 5.41) is 3.19. The van der Waals surface area contributed by atoms with Crippen LogP contribution in [-0.4, -0.2) is 18.1 Å². The van der Waals surface area contributed by atoms with Crippen molar-refractivity contribution in [2.24, 2.45) is 0 Å². The lowest BCUT2D eigenvalue weighted by molar-refractivity contribution is 0.0599. The highest BCUT2D eigenvalue weighted by Crippen LogP contribution is 2.22. The monoisotopic (exact) mass is 296 g/mol. The number of hydrogen-bond acceptors (Lipinski definition) is 5. The Morgan fingerprint density at radius 1 is 1.42 bits per heavy atom. The lowest BCUT2D eigenvalue weighted by atomic mass is 10.2. The van der Waals surface area contributed by atoms with Gasteiger partial charge < -0.3 is 10.1 Å². The summed E-state index contributed by atoms with van der Waals surface area (Å²) in [6, 6.07) is 7.30. The van der Waals surface area contributed by atoms with E-state index in [4.69, 9.17) is 11.6 Å². The average Bonchev–Trinajstić information content (AvgIpc) is 2.81. The van der Waals surface area contributed by atoms with Gasteiger partial charge in [-0.3, -0.25) is 0 Å².